The Kier molecular flexibility index (Phi) is 30.5. The smallest absolute Gasteiger partial charge is 0.336 e. The molecule has 0 saturated heterocycles. The van der Waals surface area contributed by atoms with Gasteiger partial charge in [0.25, 0.3) is 5.91 Å². The zero-order valence-electron chi connectivity index (χ0n) is 55.7. The maximum Gasteiger partial charge on any atom is 0.336 e. The number of phenols is 4. The molecule has 9 N–H and O–H groups in total. The molecule has 1 amide bonds. The van der Waals surface area contributed by atoms with Crippen molar-refractivity contribution < 1.29 is 109 Å². The van der Waals surface area contributed by atoms with E-state index < -0.39 is 5.97 Å². The third-order valence-corrected chi connectivity index (χ3v) is 17.2. The van der Waals surface area contributed by atoms with E-state index in [-0.39, 0.29) is 82.0 Å². The van der Waals surface area contributed by atoms with E-state index in [1.54, 1.807) is 89.2 Å². The molecule has 27 heteroatoms. The minimum absolute atomic E-state index is 0. The molecule has 99 heavy (non-hydrogen) atoms. The molecule has 0 fully saturated rings. The van der Waals surface area contributed by atoms with Crippen LogP contribution in [0.25, 0.3) is 45.6 Å². The normalized spacial score (nSPS) is 10.2. The number of hydrogen-bond acceptors (Lipinski definition) is 19. The standard InChI is InChI=1S/C19H20BrNO5.C19H18BrNO3.C15H10BrNO5.C10H13NO2.C9H9BrO3.BrH/c1-11-7-14(20)13(9-17(11)25-3)19(23)21-10-15(22)12-5-6-16(24-2)18(8-12)26-4;1-11-7-14(15(20)8-12(11)2)19-21-10-18(24-19)13-5-6-16(22-3)17(9-13)23-4;16-9-5-13(21)12(20)4-8(9)15-17-6-14(22-15)7-1-2-10(18)11(19)3-7;1-7-3-4-8(9(12)6-11)5-10(7)13-2;1-5-3-7(10)6(9(11)12)4-8(5)13-2;/h5-9H,10H2,1-4H3,(H,21,23);5-10H,1-4H3;1-6,18-21H;3-5H,6,11H2,1-2H3;3-4H,1-2H3,(H,11,12);1H. The van der Waals surface area contributed by atoms with Crippen LogP contribution in [-0.4, -0.2) is 122 Å². The second kappa shape index (κ2) is 37.5. The van der Waals surface area contributed by atoms with Gasteiger partial charge in [0.2, 0.25) is 17.6 Å². The van der Waals surface area contributed by atoms with Crippen molar-refractivity contribution in [1.29, 1.82) is 0 Å². The zero-order chi connectivity index (χ0) is 72.2. The Hall–Kier alpha value is -9.38. The molecule has 0 spiro atoms. The summed E-state index contributed by atoms with van der Waals surface area (Å²) in [7, 11) is 10.9. The quantitative estimate of drug-likeness (QED) is 0.0310. The number of halogens is 5. The summed E-state index contributed by atoms with van der Waals surface area (Å²) < 4.78 is 50.5. The predicted molar refractivity (Wildman–Crippen MR) is 383 cm³/mol. The topological polar surface area (TPSA) is 326 Å². The molecule has 0 aliphatic heterocycles. The Morgan fingerprint density at radius 2 is 0.848 bits per heavy atom. The first-order chi connectivity index (χ1) is 46.6. The number of nitrogens with zero attached hydrogens (tertiary/aromatic N) is 2. The van der Waals surface area contributed by atoms with Crippen LogP contribution in [0, 0.1) is 34.6 Å². The van der Waals surface area contributed by atoms with Crippen LogP contribution in [0.5, 0.6) is 63.2 Å². The number of oxazole rings is 2. The molecule has 0 radical (unpaired) electrons. The number of aromatic nitrogens is 2. The Morgan fingerprint density at radius 3 is 1.38 bits per heavy atom. The Balaban J connectivity index is 0.000000228. The molecular formula is C72H71Br5N4O18. The minimum atomic E-state index is -0.967. The number of aryl methyl sites for hydroxylation is 5. The highest BCUT2D eigenvalue weighted by atomic mass is 79.9. The number of rotatable bonds is 18. The van der Waals surface area contributed by atoms with E-state index in [4.69, 9.17) is 47.1 Å². The summed E-state index contributed by atoms with van der Waals surface area (Å²) in [5, 5.41) is 49.3. The van der Waals surface area contributed by atoms with E-state index in [0.717, 1.165) is 38.0 Å². The lowest BCUT2D eigenvalue weighted by Gasteiger charge is -2.11. The Labute approximate surface area is 615 Å². The third kappa shape index (κ3) is 21.1. The van der Waals surface area contributed by atoms with Crippen molar-refractivity contribution >= 4 is 87.2 Å². The van der Waals surface area contributed by atoms with Crippen LogP contribution in [0.15, 0.2) is 160 Å². The maximum absolute atomic E-state index is 12.4. The monoisotopic (exact) mass is 1670 g/mol. The van der Waals surface area contributed by atoms with Crippen molar-refractivity contribution in [3.63, 3.8) is 0 Å². The zero-order valence-corrected chi connectivity index (χ0v) is 63.6. The molecule has 0 aliphatic rings. The second-order valence-electron chi connectivity index (χ2n) is 21.0. The molecule has 0 atom stereocenters. The fourth-order valence-electron chi connectivity index (χ4n) is 8.98. The fraction of sp³-hybridized carbons (Fsp3) is 0.194. The van der Waals surface area contributed by atoms with Crippen molar-refractivity contribution in [1.82, 2.24) is 15.3 Å². The number of carbonyl (C=O) groups is 4. The number of phenolic OH excluding ortho intramolecular Hbond substituents is 4. The number of carboxylic acid groups (broad SMARTS) is 1. The highest BCUT2D eigenvalue weighted by Crippen LogP contribution is 2.40. The molecule has 10 rings (SSSR count). The van der Waals surface area contributed by atoms with Crippen molar-refractivity contribution in [2.45, 2.75) is 34.6 Å². The van der Waals surface area contributed by atoms with Crippen LogP contribution in [0.3, 0.4) is 0 Å². The predicted octanol–water partition coefficient (Wildman–Crippen LogP) is 12.3. The average molecular weight is 1680 g/mol. The number of methoxy groups -OCH3 is 7. The van der Waals surface area contributed by atoms with Crippen LogP contribution in [0.2, 0.25) is 0 Å². The molecule has 522 valence electrons. The highest BCUT2D eigenvalue weighted by molar-refractivity contribution is 9.11. The van der Waals surface area contributed by atoms with Crippen LogP contribution in [0.1, 0.15) is 69.2 Å². The number of quaternary nitrogens is 1. The number of aromatic hydroxyl groups is 4. The van der Waals surface area contributed by atoms with Gasteiger partial charge in [0.05, 0.1) is 91.0 Å². The van der Waals surface area contributed by atoms with Gasteiger partial charge in [-0.05, 0) is 235 Å². The van der Waals surface area contributed by atoms with Crippen LogP contribution in [-0.2, 0) is 0 Å². The number of nitrogens with one attached hydrogen (secondary N) is 1. The number of amides is 1. The van der Waals surface area contributed by atoms with E-state index >= 15 is 0 Å². The van der Waals surface area contributed by atoms with Gasteiger partial charge >= 0.3 is 5.97 Å². The molecule has 0 aliphatic carbocycles. The van der Waals surface area contributed by atoms with Gasteiger partial charge < -0.3 is 95.6 Å². The second-order valence-corrected chi connectivity index (χ2v) is 24.4. The van der Waals surface area contributed by atoms with Crippen molar-refractivity contribution in [3.8, 4) is 109 Å². The maximum atomic E-state index is 12.4. The summed E-state index contributed by atoms with van der Waals surface area (Å²) in [5.74, 6) is 3.53. The number of Topliss-reactive ketones (excluding diaryl/α,β-unsaturated/α-hetero) is 2. The van der Waals surface area contributed by atoms with E-state index in [0.29, 0.717) is 93.1 Å². The van der Waals surface area contributed by atoms with Gasteiger partial charge in [-0.2, -0.15) is 0 Å². The first-order valence-corrected chi connectivity index (χ1v) is 32.4. The van der Waals surface area contributed by atoms with E-state index in [9.17, 15) is 39.6 Å². The lowest BCUT2D eigenvalue weighted by molar-refractivity contribution is -0.349. The molecule has 2 aromatic heterocycles. The summed E-state index contributed by atoms with van der Waals surface area (Å²) >= 11 is 13.4. The van der Waals surface area contributed by atoms with Gasteiger partial charge in [0.1, 0.15) is 23.8 Å². The summed E-state index contributed by atoms with van der Waals surface area (Å²) in [6, 6.07) is 33.6. The SMILES string of the molecule is COc1cc(C(=O)C[NH3+])ccc1C.COc1cc(C(=O)NCC(=O)c2ccc(OC)c(OC)c2)c(Br)cc1C.COc1cc(C(=O)O)c(Br)cc1C.COc1ccc(-c2cnc(-c3cc(C)c(C)cc3Br)o2)cc1OC.Oc1ccc(-c2cnc(-c3cc(O)c(O)cc3Br)o2)cc1O.[Br-]. The minimum Gasteiger partial charge on any atom is -1.00 e. The molecule has 0 bridgehead atoms. The molecule has 10 aromatic rings. The molecule has 0 unspecified atom stereocenters. The van der Waals surface area contributed by atoms with Crippen LogP contribution >= 0.6 is 63.7 Å². The van der Waals surface area contributed by atoms with Gasteiger partial charge in [-0.15, -0.1) is 0 Å². The van der Waals surface area contributed by atoms with Crippen LogP contribution < -0.4 is 61.2 Å². The first kappa shape index (κ1) is 80.3. The number of ketones is 2. The molecular weight excluding hydrogens is 1610 g/mol. The van der Waals surface area contributed by atoms with Gasteiger partial charge in [-0.1, -0.05) is 12.1 Å². The van der Waals surface area contributed by atoms with E-state index in [1.807, 2.05) is 45.0 Å². The number of benzene rings is 8. The number of ether oxygens (including phenoxy) is 7. The van der Waals surface area contributed by atoms with Crippen molar-refractivity contribution in [2.24, 2.45) is 0 Å². The molecule has 0 saturated carbocycles. The van der Waals surface area contributed by atoms with Crippen LogP contribution in [0.4, 0.5) is 0 Å². The Morgan fingerprint density at radius 1 is 0.434 bits per heavy atom. The first-order valence-electron chi connectivity index (χ1n) is 29.2. The largest absolute Gasteiger partial charge is 1.00 e. The number of hydrogen-bond donors (Lipinski definition) is 7. The molecule has 8 aromatic carbocycles. The molecule has 22 nitrogen and oxygen atoms in total. The van der Waals surface area contributed by atoms with Gasteiger partial charge in [0.15, 0.2) is 63.3 Å². The number of aromatic carboxylic acids is 1. The van der Waals surface area contributed by atoms with E-state index in [1.165, 1.54) is 69.0 Å². The summed E-state index contributed by atoms with van der Waals surface area (Å²) in [4.78, 5) is 55.3. The summed E-state index contributed by atoms with van der Waals surface area (Å²) in [6.07, 6.45) is 3.18. The number of carboxylic acids is 1. The van der Waals surface area contributed by atoms with E-state index in [2.05, 4.69) is 111 Å². The Bertz CT molecular complexity index is 4520. The lowest BCUT2D eigenvalue weighted by Crippen LogP contribution is -3.00. The summed E-state index contributed by atoms with van der Waals surface area (Å²) in [5.41, 5.74) is 13.3. The van der Waals surface area contributed by atoms with Gasteiger partial charge in [-0.25, -0.2) is 14.8 Å². The third-order valence-electron chi connectivity index (χ3n) is 14.6. The van der Waals surface area contributed by atoms with Gasteiger partial charge in [0, 0.05) is 40.1 Å². The summed E-state index contributed by atoms with van der Waals surface area (Å²) in [6.45, 7) is 9.97. The van der Waals surface area contributed by atoms with Crippen molar-refractivity contribution in [2.75, 3.05) is 62.9 Å². The lowest BCUT2D eigenvalue weighted by atomic mass is 10.1. The van der Waals surface area contributed by atoms with Crippen molar-refractivity contribution in [3.05, 3.63) is 202 Å². The highest BCUT2D eigenvalue weighted by Gasteiger charge is 2.20. The fourth-order valence-corrected chi connectivity index (χ4v) is 11.4. The average Bonchev–Trinajstić information content (AvgIpc) is 1.73. The number of carbonyl (C=O) groups excluding carboxylic acids is 3. The molecule has 2 heterocycles. The van der Waals surface area contributed by atoms with Gasteiger partial charge in [-0.3, -0.25) is 14.4 Å².